The van der Waals surface area contributed by atoms with Crippen LogP contribution < -0.4 is 58.2 Å². The molecule has 0 N–H and O–H groups in total. The van der Waals surface area contributed by atoms with Gasteiger partial charge in [0.25, 0.3) is 0 Å². The van der Waals surface area contributed by atoms with Crippen LogP contribution in [0.25, 0.3) is 5.23 Å². The van der Waals surface area contributed by atoms with E-state index in [1.165, 1.54) is 0 Å². The van der Waals surface area contributed by atoms with Gasteiger partial charge in [-0.15, -0.1) is 14.5 Å². The summed E-state index contributed by atoms with van der Waals surface area (Å²) in [5.41, 5.74) is 0. The van der Waals surface area contributed by atoms with E-state index in [-0.39, 0.29) is 69.9 Å². The molecule has 0 bridgehead atoms. The summed E-state index contributed by atoms with van der Waals surface area (Å²) in [4.78, 5) is 10.8. The monoisotopic (exact) mass is 209 g/mol. The van der Waals surface area contributed by atoms with Crippen molar-refractivity contribution in [1.29, 1.82) is 0 Å². The van der Waals surface area contributed by atoms with Crippen molar-refractivity contribution in [3.63, 3.8) is 0 Å². The van der Waals surface area contributed by atoms with Crippen LogP contribution in [-0.2, 0) is 4.79 Å². The molecule has 2 radical (unpaired) electrons. The zero-order valence-corrected chi connectivity index (χ0v) is 11.8. The second kappa shape index (κ2) is 8.60. The van der Waals surface area contributed by atoms with Crippen LogP contribution in [0, 0.1) is 5.92 Å². The smallest absolute Gasteiger partial charge is 0.700 e. The van der Waals surface area contributed by atoms with E-state index in [2.05, 4.69) is 5.23 Å². The molecule has 0 amide bonds. The van der Waals surface area contributed by atoms with E-state index in [4.69, 9.17) is 7.98 Å². The minimum Gasteiger partial charge on any atom is -0.700 e. The van der Waals surface area contributed by atoms with Gasteiger partial charge in [-0.05, 0) is 6.42 Å². The van der Waals surface area contributed by atoms with Gasteiger partial charge in [-0.3, -0.25) is 4.79 Å². The molecule has 0 aromatic carbocycles. The van der Waals surface area contributed by atoms with Gasteiger partial charge in [-0.1, -0.05) is 13.8 Å². The average molecular weight is 209 g/mol. The summed E-state index contributed by atoms with van der Waals surface area (Å²) in [5, 5.41) is 3.34. The van der Waals surface area contributed by atoms with Crippen molar-refractivity contribution in [2.24, 2.45) is 5.92 Å². The number of Topliss-reactive ketones (excluding diaryl/α,β-unsaturated/α-hetero) is 1. The van der Waals surface area contributed by atoms with Gasteiger partial charge < -0.3 is 5.23 Å². The summed E-state index contributed by atoms with van der Waals surface area (Å²) in [6.45, 7) is 4.20. The first kappa shape index (κ1) is 14.0. The van der Waals surface area contributed by atoms with Crippen molar-refractivity contribution in [1.82, 2.24) is 0 Å². The maximum atomic E-state index is 10.8. The molecule has 0 aromatic rings. The molecule has 0 saturated carbocycles. The van der Waals surface area contributed by atoms with Crippen LogP contribution in [0.1, 0.15) is 20.3 Å². The molecular formula is C6H11BNORb. The van der Waals surface area contributed by atoms with Gasteiger partial charge in [0, 0.05) is 5.92 Å². The van der Waals surface area contributed by atoms with Crippen LogP contribution >= 0.6 is 0 Å². The molecule has 10 heavy (non-hydrogen) atoms. The Balaban J connectivity index is 0. The van der Waals surface area contributed by atoms with Crippen molar-refractivity contribution in [3.05, 3.63) is 5.23 Å². The normalized spacial score (nSPS) is 9.10. The van der Waals surface area contributed by atoms with Crippen LogP contribution in [0.3, 0.4) is 0 Å². The topological polar surface area (TPSA) is 31.2 Å². The molecule has 50 valence electrons. The van der Waals surface area contributed by atoms with Crippen LogP contribution in [0.5, 0.6) is 0 Å². The molecule has 4 heteroatoms. The third-order valence-electron chi connectivity index (χ3n) is 1.13. The molecule has 0 rings (SSSR count). The molecule has 0 saturated heterocycles. The van der Waals surface area contributed by atoms with Gasteiger partial charge in [0.1, 0.15) is 5.78 Å². The molecule has 0 unspecified atom stereocenters. The Morgan fingerprint density at radius 2 is 2.10 bits per heavy atom. The van der Waals surface area contributed by atoms with Gasteiger partial charge in [0.15, 0.2) is 0 Å². The van der Waals surface area contributed by atoms with E-state index in [1.807, 2.05) is 13.8 Å². The number of hydrogen-bond donors (Lipinski definition) is 0. The van der Waals surface area contributed by atoms with E-state index in [9.17, 15) is 4.79 Å². The predicted octanol–water partition coefficient (Wildman–Crippen LogP) is -1.94. The number of rotatable bonds is 4. The molecule has 0 aliphatic heterocycles. The maximum absolute atomic E-state index is 10.8. The van der Waals surface area contributed by atoms with Crippen molar-refractivity contribution in [2.45, 2.75) is 20.3 Å². The Bertz CT molecular complexity index is 97.7. The third-order valence-corrected chi connectivity index (χ3v) is 1.13. The largest absolute Gasteiger partial charge is 1.00 e. The molecule has 0 aliphatic carbocycles. The second-order valence-corrected chi connectivity index (χ2v) is 2.28. The van der Waals surface area contributed by atoms with E-state index in [0.717, 1.165) is 0 Å². The number of hydrogen-bond acceptors (Lipinski definition) is 1. The Labute approximate surface area is 113 Å². The van der Waals surface area contributed by atoms with E-state index >= 15 is 0 Å². The first-order valence-electron chi connectivity index (χ1n) is 3.08. The summed E-state index contributed by atoms with van der Waals surface area (Å²) in [7, 11) is 4.85. The van der Waals surface area contributed by atoms with Gasteiger partial charge in [-0.2, -0.15) is 0 Å². The van der Waals surface area contributed by atoms with Crippen LogP contribution in [0.4, 0.5) is 0 Å². The Hall–Kier alpha value is 1.50. The fraction of sp³-hybridized carbons (Fsp3) is 0.833. The molecule has 2 nitrogen and oxygen atoms in total. The predicted molar refractivity (Wildman–Crippen MR) is 38.4 cm³/mol. The van der Waals surface area contributed by atoms with Gasteiger partial charge in [-0.25, -0.2) is 0 Å². The molecule has 0 aromatic heterocycles. The van der Waals surface area contributed by atoms with Crippen LogP contribution in [-0.4, -0.2) is 20.3 Å². The summed E-state index contributed by atoms with van der Waals surface area (Å²) >= 11 is 0. The van der Waals surface area contributed by atoms with E-state index < -0.39 is 0 Å². The summed E-state index contributed by atoms with van der Waals surface area (Å²) < 4.78 is 0. The number of ketones is 1. The third kappa shape index (κ3) is 7.61. The van der Waals surface area contributed by atoms with Crippen molar-refractivity contribution in [2.75, 3.05) is 6.54 Å². The number of nitrogens with zero attached hydrogens (tertiary/aromatic N) is 1. The molecule has 0 heterocycles. The van der Waals surface area contributed by atoms with Crippen molar-refractivity contribution in [3.8, 4) is 0 Å². The zero-order chi connectivity index (χ0) is 7.28. The minimum atomic E-state index is 0. The first-order chi connectivity index (χ1) is 4.18. The quantitative estimate of drug-likeness (QED) is 0.496. The Morgan fingerprint density at radius 3 is 2.40 bits per heavy atom. The van der Waals surface area contributed by atoms with Gasteiger partial charge in [0.05, 0.1) is 0 Å². The van der Waals surface area contributed by atoms with Crippen LogP contribution in [0.15, 0.2) is 0 Å². The second-order valence-electron chi connectivity index (χ2n) is 2.28. The molecule has 0 spiro atoms. The fourth-order valence-corrected chi connectivity index (χ4v) is 0.463. The molecule has 0 fully saturated rings. The number of carbonyl (C=O) groups is 1. The summed E-state index contributed by atoms with van der Waals surface area (Å²) in [6.07, 6.45) is 0.480. The van der Waals surface area contributed by atoms with E-state index in [1.54, 1.807) is 0 Å². The Morgan fingerprint density at radius 1 is 1.60 bits per heavy atom. The first-order valence-corrected chi connectivity index (χ1v) is 3.08. The van der Waals surface area contributed by atoms with Gasteiger partial charge in [0.2, 0.25) is 0 Å². The molecule has 0 atom stereocenters. The van der Waals surface area contributed by atoms with Crippen molar-refractivity contribution < 1.29 is 63.0 Å². The minimum absolute atomic E-state index is 0. The Kier molecular flexibility index (Phi) is 12.1. The fourth-order valence-electron chi connectivity index (χ4n) is 0.463. The molecule has 0 aliphatic rings. The number of carbonyl (C=O) groups excluding carboxylic acids is 1. The zero-order valence-electron chi connectivity index (χ0n) is 6.92. The summed E-state index contributed by atoms with van der Waals surface area (Å²) in [5.74, 6) is 0.343. The van der Waals surface area contributed by atoms with E-state index in [0.29, 0.717) is 13.0 Å². The standard InChI is InChI=1S/C6H11BNO.Rb/c1-5(2)6(9)3-4-8-7;/h5H,3-4H2,1-2H3;/q-1;+1. The maximum Gasteiger partial charge on any atom is 1.00 e. The molecular weight excluding hydrogens is 198 g/mol. The van der Waals surface area contributed by atoms with Crippen LogP contribution in [0.2, 0.25) is 0 Å². The summed E-state index contributed by atoms with van der Waals surface area (Å²) in [6, 6.07) is 0. The van der Waals surface area contributed by atoms with Crippen molar-refractivity contribution >= 4 is 13.8 Å². The average Bonchev–Trinajstić information content (AvgIpc) is 1.82. The van der Waals surface area contributed by atoms with Gasteiger partial charge >= 0.3 is 58.2 Å². The SMILES string of the molecule is [B][N-]CCC(=O)C(C)C.[Rb+].